The first-order chi connectivity index (χ1) is 16.5. The van der Waals surface area contributed by atoms with Gasteiger partial charge in [-0.05, 0) is 36.8 Å². The van der Waals surface area contributed by atoms with Crippen LogP contribution in [-0.4, -0.2) is 66.8 Å². The van der Waals surface area contributed by atoms with Crippen molar-refractivity contribution in [2.75, 3.05) is 51.0 Å². The molecule has 3 aromatic rings. The predicted molar refractivity (Wildman–Crippen MR) is 125 cm³/mol. The molecule has 2 saturated heterocycles. The van der Waals surface area contributed by atoms with Crippen LogP contribution in [0, 0.1) is 12.7 Å². The fourth-order valence-electron chi connectivity index (χ4n) is 4.99. The summed E-state index contributed by atoms with van der Waals surface area (Å²) >= 11 is 0. The lowest BCUT2D eigenvalue weighted by molar-refractivity contribution is -0.0507. The van der Waals surface area contributed by atoms with Crippen LogP contribution in [-0.2, 0) is 14.9 Å². The third-order valence-electron chi connectivity index (χ3n) is 6.94. The molecule has 3 aliphatic rings. The number of ether oxygens (including phenoxy) is 2. The average molecular weight is 461 g/mol. The SMILES string of the molecule is Cc1ccc(F)c(-c2cnc(N3CC4(COC4)c4ccc(C(=O)N5CCOCC5)cc43)nc2)c1. The van der Waals surface area contributed by atoms with E-state index in [0.29, 0.717) is 68.7 Å². The number of anilines is 2. The smallest absolute Gasteiger partial charge is 0.254 e. The van der Waals surface area contributed by atoms with Crippen LogP contribution in [0.15, 0.2) is 48.8 Å². The lowest BCUT2D eigenvalue weighted by atomic mass is 9.80. The highest BCUT2D eigenvalue weighted by molar-refractivity contribution is 5.96. The molecule has 1 amide bonds. The van der Waals surface area contributed by atoms with Gasteiger partial charge in [-0.1, -0.05) is 17.7 Å². The summed E-state index contributed by atoms with van der Waals surface area (Å²) in [4.78, 5) is 26.2. The van der Waals surface area contributed by atoms with Crippen molar-refractivity contribution >= 4 is 17.5 Å². The molecule has 2 aromatic carbocycles. The van der Waals surface area contributed by atoms with Gasteiger partial charge in [0.1, 0.15) is 5.82 Å². The molecule has 2 fully saturated rings. The minimum absolute atomic E-state index is 0.00282. The Hall–Kier alpha value is -3.36. The van der Waals surface area contributed by atoms with Gasteiger partial charge in [0.05, 0.1) is 31.8 Å². The number of aromatic nitrogens is 2. The molecular formula is C26H25FN4O3. The summed E-state index contributed by atoms with van der Waals surface area (Å²) < 4.78 is 25.3. The normalized spacial score (nSPS) is 18.6. The fraction of sp³-hybridized carbons (Fsp3) is 0.346. The van der Waals surface area contributed by atoms with E-state index in [1.807, 2.05) is 34.9 Å². The van der Waals surface area contributed by atoms with Gasteiger partial charge in [0.25, 0.3) is 5.91 Å². The zero-order valence-electron chi connectivity index (χ0n) is 19.0. The molecule has 174 valence electrons. The Morgan fingerprint density at radius 3 is 2.50 bits per heavy atom. The van der Waals surface area contributed by atoms with Crippen LogP contribution >= 0.6 is 0 Å². The van der Waals surface area contributed by atoms with Gasteiger partial charge in [0.2, 0.25) is 5.95 Å². The van der Waals surface area contributed by atoms with Crippen molar-refractivity contribution in [3.8, 4) is 11.1 Å². The predicted octanol–water partition coefficient (Wildman–Crippen LogP) is 3.48. The van der Waals surface area contributed by atoms with Crippen LogP contribution in [0.4, 0.5) is 16.0 Å². The topological polar surface area (TPSA) is 67.8 Å². The number of fused-ring (bicyclic) bond motifs is 2. The number of carbonyl (C=O) groups is 1. The van der Waals surface area contributed by atoms with E-state index in [0.717, 1.165) is 16.8 Å². The summed E-state index contributed by atoms with van der Waals surface area (Å²) in [5, 5.41) is 0. The number of halogens is 1. The van der Waals surface area contributed by atoms with E-state index >= 15 is 0 Å². The second-order valence-corrected chi connectivity index (χ2v) is 9.25. The average Bonchev–Trinajstić information content (AvgIpc) is 3.21. The molecule has 8 heteroatoms. The molecular weight excluding hydrogens is 435 g/mol. The van der Waals surface area contributed by atoms with Gasteiger partial charge >= 0.3 is 0 Å². The van der Waals surface area contributed by atoms with E-state index in [-0.39, 0.29) is 17.1 Å². The van der Waals surface area contributed by atoms with Crippen LogP contribution in [0.5, 0.6) is 0 Å². The minimum Gasteiger partial charge on any atom is -0.379 e. The first-order valence-electron chi connectivity index (χ1n) is 11.5. The number of aryl methyl sites for hydroxylation is 1. The van der Waals surface area contributed by atoms with Crippen molar-refractivity contribution in [2.45, 2.75) is 12.3 Å². The molecule has 0 radical (unpaired) electrons. The Kier molecular flexibility index (Phi) is 5.08. The molecule has 4 heterocycles. The van der Waals surface area contributed by atoms with Crippen molar-refractivity contribution in [2.24, 2.45) is 0 Å². The van der Waals surface area contributed by atoms with Crippen molar-refractivity contribution < 1.29 is 18.7 Å². The molecule has 3 aliphatic heterocycles. The van der Waals surface area contributed by atoms with Gasteiger partial charge in [-0.15, -0.1) is 0 Å². The zero-order valence-corrected chi connectivity index (χ0v) is 19.0. The molecule has 1 aromatic heterocycles. The number of hydrogen-bond donors (Lipinski definition) is 0. The molecule has 0 bridgehead atoms. The number of benzene rings is 2. The third-order valence-corrected chi connectivity index (χ3v) is 6.94. The number of carbonyl (C=O) groups excluding carboxylic acids is 1. The summed E-state index contributed by atoms with van der Waals surface area (Å²) in [6, 6.07) is 10.9. The first-order valence-corrected chi connectivity index (χ1v) is 11.5. The van der Waals surface area contributed by atoms with E-state index in [9.17, 15) is 9.18 Å². The molecule has 0 atom stereocenters. The van der Waals surface area contributed by atoms with E-state index in [2.05, 4.69) is 9.97 Å². The summed E-state index contributed by atoms with van der Waals surface area (Å²) in [6.07, 6.45) is 3.32. The number of amides is 1. The maximum Gasteiger partial charge on any atom is 0.254 e. The third kappa shape index (κ3) is 3.45. The van der Waals surface area contributed by atoms with Crippen LogP contribution in [0.1, 0.15) is 21.5 Å². The summed E-state index contributed by atoms with van der Waals surface area (Å²) in [5.74, 6) is 0.228. The van der Waals surface area contributed by atoms with Crippen molar-refractivity contribution in [3.05, 3.63) is 71.3 Å². The largest absolute Gasteiger partial charge is 0.379 e. The highest BCUT2D eigenvalue weighted by atomic mass is 19.1. The van der Waals surface area contributed by atoms with Crippen LogP contribution in [0.25, 0.3) is 11.1 Å². The summed E-state index contributed by atoms with van der Waals surface area (Å²) in [5.41, 5.74) is 4.67. The van der Waals surface area contributed by atoms with Crippen LogP contribution in [0.3, 0.4) is 0 Å². The highest BCUT2D eigenvalue weighted by Crippen LogP contribution is 2.48. The van der Waals surface area contributed by atoms with Gasteiger partial charge in [-0.25, -0.2) is 14.4 Å². The van der Waals surface area contributed by atoms with Gasteiger partial charge in [0.15, 0.2) is 0 Å². The quantitative estimate of drug-likeness (QED) is 0.596. The van der Waals surface area contributed by atoms with Crippen molar-refractivity contribution in [1.29, 1.82) is 0 Å². The van der Waals surface area contributed by atoms with Crippen molar-refractivity contribution in [1.82, 2.24) is 14.9 Å². The Labute approximate surface area is 197 Å². The molecule has 1 spiro atoms. The lowest BCUT2D eigenvalue weighted by Gasteiger charge is -2.38. The number of rotatable bonds is 3. The molecule has 0 unspecified atom stereocenters. The van der Waals surface area contributed by atoms with Gasteiger partial charge in [-0.3, -0.25) is 4.79 Å². The van der Waals surface area contributed by atoms with E-state index in [1.165, 1.54) is 6.07 Å². The zero-order chi connectivity index (χ0) is 23.3. The van der Waals surface area contributed by atoms with Gasteiger partial charge < -0.3 is 19.3 Å². The molecule has 0 saturated carbocycles. The van der Waals surface area contributed by atoms with Crippen LogP contribution in [0.2, 0.25) is 0 Å². The van der Waals surface area contributed by atoms with E-state index < -0.39 is 0 Å². The second-order valence-electron chi connectivity index (χ2n) is 9.25. The monoisotopic (exact) mass is 460 g/mol. The highest BCUT2D eigenvalue weighted by Gasteiger charge is 2.49. The molecule has 0 aliphatic carbocycles. The van der Waals surface area contributed by atoms with Crippen molar-refractivity contribution in [3.63, 3.8) is 0 Å². The second kappa shape index (κ2) is 8.14. The minimum atomic E-state index is -0.301. The summed E-state index contributed by atoms with van der Waals surface area (Å²) in [7, 11) is 0. The Balaban J connectivity index is 1.34. The first kappa shape index (κ1) is 21.2. The Bertz CT molecular complexity index is 1250. The van der Waals surface area contributed by atoms with Crippen LogP contribution < -0.4 is 4.90 Å². The number of hydrogen-bond acceptors (Lipinski definition) is 6. The van der Waals surface area contributed by atoms with E-state index in [1.54, 1.807) is 24.5 Å². The molecule has 7 nitrogen and oxygen atoms in total. The van der Waals surface area contributed by atoms with Gasteiger partial charge in [-0.2, -0.15) is 0 Å². The molecule has 6 rings (SSSR count). The Morgan fingerprint density at radius 2 is 1.79 bits per heavy atom. The lowest BCUT2D eigenvalue weighted by Crippen LogP contribution is -2.49. The molecule has 0 N–H and O–H groups in total. The maximum absolute atomic E-state index is 14.4. The van der Waals surface area contributed by atoms with Gasteiger partial charge in [0, 0.05) is 54.4 Å². The Morgan fingerprint density at radius 1 is 1.03 bits per heavy atom. The summed E-state index contributed by atoms with van der Waals surface area (Å²) in [6.45, 7) is 6.16. The van der Waals surface area contributed by atoms with E-state index in [4.69, 9.17) is 9.47 Å². The number of morpholine rings is 1. The molecule has 34 heavy (non-hydrogen) atoms. The standard InChI is InChI=1S/C26H25FN4O3/c1-17-2-5-22(27)20(10-17)19-12-28-25(29-13-19)31-14-26(15-34-16-26)21-4-3-18(11-23(21)31)24(32)30-6-8-33-9-7-30/h2-5,10-13H,6-9,14-16H2,1H3. The fourth-order valence-corrected chi connectivity index (χ4v) is 4.99. The maximum atomic E-state index is 14.4. The number of nitrogens with zero attached hydrogens (tertiary/aromatic N) is 4.